The van der Waals surface area contributed by atoms with Gasteiger partial charge < -0.3 is 33.8 Å². The Morgan fingerprint density at radius 1 is 0.279 bits per heavy atom. The molecule has 0 radical (unpaired) electrons. The molecule has 0 aromatic rings. The number of allylic oxidation sites excluding steroid dienone is 37. The fourth-order valence-electron chi connectivity index (χ4n) is 8.59. The molecule has 104 heavy (non-hydrogen) atoms. The third-order valence-electron chi connectivity index (χ3n) is 14.2. The lowest BCUT2D eigenvalue weighted by Crippen LogP contribution is -2.30. The molecule has 0 fully saturated rings. The van der Waals surface area contributed by atoms with Crippen molar-refractivity contribution in [1.29, 1.82) is 0 Å². The molecule has 0 aromatic heterocycles. The summed E-state index contributed by atoms with van der Waals surface area (Å²) in [6.07, 6.45) is 95.3. The monoisotopic (exact) mass is 1480 g/mol. The average Bonchev–Trinajstić information content (AvgIpc) is 0.918. The van der Waals surface area contributed by atoms with Crippen molar-refractivity contribution in [2.75, 3.05) is 39.6 Å². The van der Waals surface area contributed by atoms with Crippen LogP contribution >= 0.6 is 15.6 Å². The highest BCUT2D eigenvalue weighted by Gasteiger charge is 2.30. The van der Waals surface area contributed by atoms with Crippen LogP contribution in [0.4, 0.5) is 0 Å². The first-order chi connectivity index (χ1) is 50.7. The normalized spacial score (nSPS) is 15.2. The number of aliphatic hydroxyl groups excluding tert-OH is 1. The summed E-state index contributed by atoms with van der Waals surface area (Å²) >= 11 is 0. The van der Waals surface area contributed by atoms with Crippen molar-refractivity contribution in [1.82, 2.24) is 0 Å². The van der Waals surface area contributed by atoms with E-state index in [1.807, 2.05) is 36.5 Å². The molecule has 0 rings (SSSR count). The molecule has 0 heterocycles. The van der Waals surface area contributed by atoms with Gasteiger partial charge in [0.1, 0.15) is 19.3 Å². The number of aliphatic hydroxyl groups is 1. The number of unbranched alkanes of at least 4 members (excludes halogenated alkanes) is 4. The predicted octanol–water partition coefficient (Wildman–Crippen LogP) is 21.9. The van der Waals surface area contributed by atoms with E-state index in [2.05, 4.69) is 210 Å². The molecule has 19 heteroatoms. The van der Waals surface area contributed by atoms with E-state index in [0.717, 1.165) is 128 Å². The minimum absolute atomic E-state index is 0.00411. The van der Waals surface area contributed by atoms with Crippen LogP contribution in [0.3, 0.4) is 0 Å². The average molecular weight is 1480 g/mol. The van der Waals surface area contributed by atoms with E-state index in [1.165, 1.54) is 0 Å². The fraction of sp³-hybridized carbons (Fsp3) is 0.506. The van der Waals surface area contributed by atoms with Crippen LogP contribution in [0, 0.1) is 0 Å². The predicted molar refractivity (Wildman–Crippen MR) is 426 cm³/mol. The first kappa shape index (κ1) is 97.1. The van der Waals surface area contributed by atoms with E-state index in [4.69, 9.17) is 37.0 Å². The largest absolute Gasteiger partial charge is 0.472 e. The van der Waals surface area contributed by atoms with Crippen LogP contribution in [0.5, 0.6) is 0 Å². The molecular formula is C85H128O17P2. The second kappa shape index (κ2) is 74.4. The van der Waals surface area contributed by atoms with Crippen LogP contribution in [-0.4, -0.2) is 96.7 Å². The molecule has 0 aliphatic rings. The highest BCUT2D eigenvalue weighted by atomic mass is 31.2. The van der Waals surface area contributed by atoms with Gasteiger partial charge in [0.2, 0.25) is 0 Å². The van der Waals surface area contributed by atoms with E-state index in [-0.39, 0.29) is 25.7 Å². The molecule has 0 saturated carbocycles. The van der Waals surface area contributed by atoms with Gasteiger partial charge in [-0.1, -0.05) is 259 Å². The van der Waals surface area contributed by atoms with Gasteiger partial charge in [-0.25, -0.2) is 9.13 Å². The lowest BCUT2D eigenvalue weighted by molar-refractivity contribution is -0.161. The second-order valence-corrected chi connectivity index (χ2v) is 26.6. The minimum atomic E-state index is -5.04. The van der Waals surface area contributed by atoms with Gasteiger partial charge in [0.15, 0.2) is 12.2 Å². The third-order valence-corrected chi connectivity index (χ3v) is 16.1. The summed E-state index contributed by atoms with van der Waals surface area (Å²) in [6.45, 7) is 4.04. The Morgan fingerprint density at radius 2 is 0.519 bits per heavy atom. The van der Waals surface area contributed by atoms with Crippen LogP contribution in [0.25, 0.3) is 0 Å². The molecule has 0 amide bonds. The second-order valence-electron chi connectivity index (χ2n) is 23.7. The number of ether oxygens (including phenoxy) is 4. The molecule has 3 N–H and O–H groups in total. The summed E-state index contributed by atoms with van der Waals surface area (Å²) in [5, 5.41) is 10.6. The minimum Gasteiger partial charge on any atom is -0.462 e. The summed E-state index contributed by atoms with van der Waals surface area (Å²) in [7, 11) is -10.1. The summed E-state index contributed by atoms with van der Waals surface area (Å²) in [5.41, 5.74) is 0. The van der Waals surface area contributed by atoms with Gasteiger partial charge in [-0.15, -0.1) is 0 Å². The topological polar surface area (TPSA) is 237 Å². The van der Waals surface area contributed by atoms with E-state index >= 15 is 0 Å². The summed E-state index contributed by atoms with van der Waals surface area (Å²) in [5.74, 6) is -2.56. The maximum absolute atomic E-state index is 13.1. The molecule has 0 aliphatic heterocycles. The number of carbonyl (C=O) groups is 4. The SMILES string of the molecule is CC/C=C\C/C=C\C/C=C\C/C=C\C/C=C\C/C=C\CCC(=O)OCC(COP(=O)(O)OCC(O)COP(=O)(O)OCC(COC(=O)CCCC/C=C\C/C=C\C/C=C\C/C=C\CC)OC(=O)CCCC/C=C\C/C=C\C/C=C\C/C=C\CC)OC(=O)C/C=C\C/C=C\C/C=C\C/C=C\C/C=C\CC. The van der Waals surface area contributed by atoms with Crippen molar-refractivity contribution in [2.45, 2.75) is 239 Å². The lowest BCUT2D eigenvalue weighted by atomic mass is 10.1. The number of hydrogen-bond donors (Lipinski definition) is 3. The standard InChI is InChI=1S/C85H128O17P2/c1-5-9-13-17-21-25-29-33-37-38-39-40-44-46-50-54-58-62-66-70-83(88)96-76-81(102-85(90)72-68-64-60-56-52-48-43-36-32-28-24-20-16-12-8-4)78-100-104(93,94)98-74-79(86)73-97-103(91,92)99-77-80(101-84(89)71-67-63-59-55-51-47-42-35-31-27-23-19-15-11-7-3)75-95-82(87)69-65-61-57-53-49-45-41-34-30-26-22-18-14-10-6-2/h9-16,21-28,33-37,39-43,46,49-53,55-56,58,62,64,68,79-81,86H,5-8,17-20,29-32,38,44-45,47-48,54,57,59-61,63,65-67,69-78H2,1-4H3,(H,91,92)(H,93,94)/b13-9-,14-10-,15-11-,16-12-,25-21-,26-22-,27-23-,28-24-,37-33-,40-39-,41-34-,42-35-,43-36-,50-46-,53-49-,55-51-,56-52-,62-58-,68-64-. The van der Waals surface area contributed by atoms with Crippen LogP contribution < -0.4 is 0 Å². The number of esters is 4. The third kappa shape index (κ3) is 73.4. The Balaban J connectivity index is 5.60. The number of rotatable bonds is 67. The Kier molecular flexibility index (Phi) is 69.5. The van der Waals surface area contributed by atoms with Crippen molar-refractivity contribution in [3.63, 3.8) is 0 Å². The first-order valence-electron chi connectivity index (χ1n) is 37.6. The Hall–Kier alpha value is -6.88. The van der Waals surface area contributed by atoms with Gasteiger partial charge in [0, 0.05) is 19.3 Å². The zero-order chi connectivity index (χ0) is 76.0. The number of carbonyl (C=O) groups excluding carboxylic acids is 4. The molecule has 0 saturated heterocycles. The Morgan fingerprint density at radius 3 is 0.827 bits per heavy atom. The van der Waals surface area contributed by atoms with E-state index in [0.29, 0.717) is 38.5 Å². The van der Waals surface area contributed by atoms with Gasteiger partial charge in [0.25, 0.3) is 0 Å². The maximum Gasteiger partial charge on any atom is 0.472 e. The van der Waals surface area contributed by atoms with Crippen molar-refractivity contribution in [3.8, 4) is 0 Å². The van der Waals surface area contributed by atoms with E-state index in [9.17, 15) is 43.2 Å². The van der Waals surface area contributed by atoms with Crippen LogP contribution in [0.2, 0.25) is 0 Å². The molecule has 0 spiro atoms. The molecule has 5 atom stereocenters. The Labute approximate surface area is 625 Å². The van der Waals surface area contributed by atoms with Crippen molar-refractivity contribution >= 4 is 39.5 Å². The molecule has 0 aromatic carbocycles. The zero-order valence-corrected chi connectivity index (χ0v) is 64.9. The fourth-order valence-corrected chi connectivity index (χ4v) is 10.2. The highest BCUT2D eigenvalue weighted by Crippen LogP contribution is 2.45. The van der Waals surface area contributed by atoms with Crippen molar-refractivity contribution < 1.29 is 80.2 Å². The number of hydrogen-bond acceptors (Lipinski definition) is 15. The smallest absolute Gasteiger partial charge is 0.462 e. The van der Waals surface area contributed by atoms with Gasteiger partial charge in [-0.05, 0) is 167 Å². The lowest BCUT2D eigenvalue weighted by Gasteiger charge is -2.21. The Bertz CT molecular complexity index is 2890. The molecule has 17 nitrogen and oxygen atoms in total. The summed E-state index contributed by atoms with van der Waals surface area (Å²) < 4.78 is 68.1. The quantitative estimate of drug-likeness (QED) is 0.0169. The van der Waals surface area contributed by atoms with E-state index in [1.54, 1.807) is 12.2 Å². The summed E-state index contributed by atoms with van der Waals surface area (Å²) in [6, 6.07) is 0. The van der Waals surface area contributed by atoms with Gasteiger partial charge in [-0.2, -0.15) is 0 Å². The highest BCUT2D eigenvalue weighted by molar-refractivity contribution is 7.47. The molecule has 5 unspecified atom stereocenters. The van der Waals surface area contributed by atoms with Gasteiger partial charge in [0.05, 0.1) is 32.8 Å². The summed E-state index contributed by atoms with van der Waals surface area (Å²) in [4.78, 5) is 72.8. The zero-order valence-electron chi connectivity index (χ0n) is 63.1. The van der Waals surface area contributed by atoms with Crippen molar-refractivity contribution in [2.24, 2.45) is 0 Å². The van der Waals surface area contributed by atoms with Gasteiger partial charge >= 0.3 is 39.5 Å². The van der Waals surface area contributed by atoms with Gasteiger partial charge in [-0.3, -0.25) is 37.3 Å². The van der Waals surface area contributed by atoms with E-state index < -0.39 is 97.5 Å². The maximum atomic E-state index is 13.1. The molecule has 0 aliphatic carbocycles. The molecular weight excluding hydrogens is 1350 g/mol. The molecule has 0 bridgehead atoms. The van der Waals surface area contributed by atoms with Crippen LogP contribution in [0.1, 0.15) is 220 Å². The number of phosphoric ester groups is 2. The first-order valence-corrected chi connectivity index (χ1v) is 40.6. The van der Waals surface area contributed by atoms with Crippen molar-refractivity contribution in [3.05, 3.63) is 231 Å². The van der Waals surface area contributed by atoms with Crippen LogP contribution in [-0.2, 0) is 65.4 Å². The van der Waals surface area contributed by atoms with Crippen LogP contribution in [0.15, 0.2) is 231 Å². The molecule has 580 valence electrons. The number of phosphoric acid groups is 2.